The van der Waals surface area contributed by atoms with Crippen molar-refractivity contribution in [3.63, 3.8) is 0 Å². The third-order valence-electron chi connectivity index (χ3n) is 14.2. The highest BCUT2D eigenvalue weighted by Crippen LogP contribution is 2.36. The molecule has 2 atom stereocenters. The minimum Gasteiger partial charge on any atom is -0.445 e. The maximum absolute atomic E-state index is 13.6. The second-order valence-corrected chi connectivity index (χ2v) is 20.8. The van der Waals surface area contributed by atoms with Crippen molar-refractivity contribution in [3.05, 3.63) is 95.6 Å². The standard InChI is InChI=1S/C59H77N11O13/c1-38(2)54(66-49(71)37-81-33-32-80-31-30-79-29-28-69-34-43(67-69)12-10-16-52(74)83-70-50(72)21-22-51(70)73)57(76)65-48(15-11-25-61-58(60)77)56(75)63-42-19-17-41(18-20-42)36-82-59(78)62-24-8-5-9-26-68-27-23-44-40(4)55-53(39(3)46(44)35-68)45-13-6-7-14-47(45)64-55/h6-7,13-14,17-20,23,27,34-35,38,48,54,67H,5,8-12,15-16,21-22,24-26,28-33,36-37H2,1-4H3,(H7,60,61,62,63,65,66,71,75,76,77,78)/p+1. The summed E-state index contributed by atoms with van der Waals surface area (Å²) in [5, 5.41) is 22.3. The number of aryl methyl sites for hydroxylation is 4. The number of aromatic amines is 2. The maximum Gasteiger partial charge on any atom is 0.407 e. The number of anilines is 1. The molecule has 2 unspecified atom stereocenters. The number of ether oxygens (including phenoxy) is 4. The van der Waals surface area contributed by atoms with Crippen LogP contribution in [0.4, 0.5) is 15.3 Å². The summed E-state index contributed by atoms with van der Waals surface area (Å²) >= 11 is 0. The normalized spacial score (nSPS) is 13.2. The van der Waals surface area contributed by atoms with Gasteiger partial charge in [-0.05, 0) is 98.6 Å². The zero-order chi connectivity index (χ0) is 59.3. The third-order valence-corrected chi connectivity index (χ3v) is 14.2. The topological polar surface area (TPSA) is 313 Å². The molecule has 24 heteroatoms. The number of nitrogens with two attached hydrogens (primary N) is 1. The lowest BCUT2D eigenvalue weighted by Crippen LogP contribution is -2.55. The van der Waals surface area contributed by atoms with Crippen LogP contribution in [0, 0.1) is 19.8 Å². The summed E-state index contributed by atoms with van der Waals surface area (Å²) in [6.07, 6.45) is 10.1. The molecule has 0 spiro atoms. The molecule has 1 aliphatic heterocycles. The van der Waals surface area contributed by atoms with Gasteiger partial charge >= 0.3 is 18.1 Å². The molecule has 1 fully saturated rings. The van der Waals surface area contributed by atoms with Gasteiger partial charge in [-0.2, -0.15) is 0 Å². The SMILES string of the molecule is Cc1c2cc[n+](CCCCCNC(=O)OCc3ccc(NC(=O)C(CCCNC(N)=O)NC(=O)C(NC(=O)COCCOCCOCCn4cc(CCCC(=O)ON5C(=O)CCC5=O)[nH]4)C(C)C)cc3)cc2c(C)c2c1[nH]c1ccccc12. The van der Waals surface area contributed by atoms with Gasteiger partial charge in [0.25, 0.3) is 11.8 Å². The number of amides is 8. The monoisotopic (exact) mass is 1150 g/mol. The number of rotatable bonds is 34. The van der Waals surface area contributed by atoms with Gasteiger partial charge < -0.3 is 66.2 Å². The predicted octanol–water partition coefficient (Wildman–Crippen LogP) is 5.30. The van der Waals surface area contributed by atoms with Gasteiger partial charge in [0.2, 0.25) is 17.7 Å². The van der Waals surface area contributed by atoms with Crippen LogP contribution in [-0.4, -0.2) is 132 Å². The van der Waals surface area contributed by atoms with Gasteiger partial charge in [0.05, 0.1) is 45.1 Å². The van der Waals surface area contributed by atoms with E-state index < -0.39 is 59.7 Å². The molecular weight excluding hydrogens is 1070 g/mol. The molecule has 0 aliphatic carbocycles. The van der Waals surface area contributed by atoms with Gasteiger partial charge in [-0.15, -0.1) is 5.06 Å². The van der Waals surface area contributed by atoms with E-state index in [4.69, 9.17) is 29.5 Å². The van der Waals surface area contributed by atoms with Crippen molar-refractivity contribution in [3.8, 4) is 0 Å². The molecule has 3 aromatic heterocycles. The average Bonchev–Trinajstić information content (AvgIpc) is 2.94. The number of benzene rings is 3. The van der Waals surface area contributed by atoms with Crippen molar-refractivity contribution in [2.75, 3.05) is 58.0 Å². The van der Waals surface area contributed by atoms with E-state index in [1.165, 1.54) is 38.2 Å². The number of imide groups is 1. The first kappa shape index (κ1) is 62.3. The maximum atomic E-state index is 13.6. The molecule has 24 nitrogen and oxygen atoms in total. The van der Waals surface area contributed by atoms with E-state index >= 15 is 0 Å². The van der Waals surface area contributed by atoms with Gasteiger partial charge in [-0.25, -0.2) is 19.0 Å². The Labute approximate surface area is 481 Å². The molecule has 1 aliphatic rings. The van der Waals surface area contributed by atoms with E-state index in [-0.39, 0.29) is 64.6 Å². The Morgan fingerprint density at radius 2 is 1.47 bits per heavy atom. The molecule has 0 radical (unpaired) electrons. The molecular formula is C59H78N11O13+. The van der Waals surface area contributed by atoms with Gasteiger partial charge in [-0.1, -0.05) is 44.2 Å². The number of H-pyrrole nitrogens is 2. The van der Waals surface area contributed by atoms with Crippen LogP contribution in [-0.2, 0) is 78.7 Å². The van der Waals surface area contributed by atoms with E-state index in [0.717, 1.165) is 37.0 Å². The van der Waals surface area contributed by atoms with Crippen LogP contribution in [0.15, 0.2) is 73.2 Å². The number of nitrogens with one attached hydrogen (secondary N) is 7. The Morgan fingerprint density at radius 1 is 0.759 bits per heavy atom. The molecule has 446 valence electrons. The number of para-hydroxylation sites is 1. The number of pyridine rings is 1. The number of urea groups is 1. The number of hydrogen-bond acceptors (Lipinski definition) is 13. The number of carbonyl (C=O) groups excluding carboxylic acids is 8. The summed E-state index contributed by atoms with van der Waals surface area (Å²) in [6, 6.07) is 14.6. The second-order valence-electron chi connectivity index (χ2n) is 20.8. The van der Waals surface area contributed by atoms with E-state index in [1.807, 2.05) is 10.9 Å². The Balaban J connectivity index is 0.740. The largest absolute Gasteiger partial charge is 0.445 e. The smallest absolute Gasteiger partial charge is 0.407 e. The first-order chi connectivity index (χ1) is 40.0. The third kappa shape index (κ3) is 18.6. The highest BCUT2D eigenvalue weighted by Gasteiger charge is 2.33. The highest BCUT2D eigenvalue weighted by molar-refractivity contribution is 6.16. The van der Waals surface area contributed by atoms with Crippen LogP contribution >= 0.6 is 0 Å². The van der Waals surface area contributed by atoms with Crippen molar-refractivity contribution >= 4 is 85.9 Å². The number of hydrogen-bond donors (Lipinski definition) is 8. The fourth-order valence-electron chi connectivity index (χ4n) is 9.69. The molecule has 0 saturated carbocycles. The number of hydroxylamine groups is 2. The van der Waals surface area contributed by atoms with Crippen LogP contribution in [0.2, 0.25) is 0 Å². The Morgan fingerprint density at radius 3 is 2.20 bits per heavy atom. The summed E-state index contributed by atoms with van der Waals surface area (Å²) in [4.78, 5) is 108. The molecule has 1 saturated heterocycles. The lowest BCUT2D eigenvalue weighted by atomic mass is 9.97. The summed E-state index contributed by atoms with van der Waals surface area (Å²) in [6.45, 7) is 11.0. The van der Waals surface area contributed by atoms with E-state index in [1.54, 1.807) is 38.1 Å². The first-order valence-electron chi connectivity index (χ1n) is 28.3. The van der Waals surface area contributed by atoms with Crippen molar-refractivity contribution in [1.29, 1.82) is 0 Å². The lowest BCUT2D eigenvalue weighted by Gasteiger charge is -2.25. The minimum atomic E-state index is -1.05. The first-order valence-corrected chi connectivity index (χ1v) is 28.3. The molecule has 6 aromatic rings. The van der Waals surface area contributed by atoms with Crippen molar-refractivity contribution in [2.45, 2.75) is 124 Å². The predicted molar refractivity (Wildman–Crippen MR) is 307 cm³/mol. The van der Waals surface area contributed by atoms with Gasteiger partial charge in [-0.3, -0.25) is 28.7 Å². The summed E-state index contributed by atoms with van der Waals surface area (Å²) in [7, 11) is 0. The molecule has 4 heterocycles. The number of aromatic nitrogens is 4. The van der Waals surface area contributed by atoms with Crippen LogP contribution < -0.4 is 36.9 Å². The van der Waals surface area contributed by atoms with Crippen LogP contribution in [0.3, 0.4) is 0 Å². The zero-order valence-electron chi connectivity index (χ0n) is 47.7. The second kappa shape index (κ2) is 31.2. The number of nitrogens with zero attached hydrogens (tertiary/aromatic N) is 3. The molecule has 7 rings (SSSR count). The quantitative estimate of drug-likeness (QED) is 0.0145. The van der Waals surface area contributed by atoms with E-state index in [0.29, 0.717) is 68.5 Å². The van der Waals surface area contributed by atoms with E-state index in [2.05, 4.69) is 97.8 Å². The summed E-state index contributed by atoms with van der Waals surface area (Å²) in [5.74, 6) is -3.66. The van der Waals surface area contributed by atoms with Crippen LogP contribution in [0.5, 0.6) is 0 Å². The molecule has 0 bridgehead atoms. The van der Waals surface area contributed by atoms with Crippen LogP contribution in [0.1, 0.15) is 94.0 Å². The number of fused-ring (bicyclic) bond motifs is 4. The number of alkyl carbamates (subject to hydrolysis) is 1. The Hall–Kier alpha value is -8.35. The fraction of sp³-hybridized carbons (Fsp3) is 0.475. The summed E-state index contributed by atoms with van der Waals surface area (Å²) < 4.78 is 26.1. The molecule has 9 N–H and O–H groups in total. The van der Waals surface area contributed by atoms with Crippen molar-refractivity contribution < 1.29 is 66.7 Å². The van der Waals surface area contributed by atoms with Gasteiger partial charge in [0.15, 0.2) is 12.4 Å². The Kier molecular flexibility index (Phi) is 23.4. The van der Waals surface area contributed by atoms with E-state index in [9.17, 15) is 38.4 Å². The van der Waals surface area contributed by atoms with Crippen LogP contribution in [0.25, 0.3) is 32.6 Å². The minimum absolute atomic E-state index is 0.0104. The fourth-order valence-corrected chi connectivity index (χ4v) is 9.69. The zero-order valence-corrected chi connectivity index (χ0v) is 47.7. The molecule has 3 aromatic carbocycles. The molecule has 8 amide bonds. The van der Waals surface area contributed by atoms with Crippen molar-refractivity contribution in [1.82, 2.24) is 41.1 Å². The van der Waals surface area contributed by atoms with Gasteiger partial charge in [0, 0.05) is 84.1 Å². The summed E-state index contributed by atoms with van der Waals surface area (Å²) in [5.41, 5.74) is 12.1. The highest BCUT2D eigenvalue weighted by atomic mass is 16.7. The molecule has 83 heavy (non-hydrogen) atoms. The van der Waals surface area contributed by atoms with Crippen molar-refractivity contribution in [2.24, 2.45) is 11.7 Å². The number of primary amides is 1. The average molecular weight is 1150 g/mol. The Bertz CT molecular complexity index is 3180. The van der Waals surface area contributed by atoms with Gasteiger partial charge in [0.1, 0.15) is 31.8 Å². The number of carbonyl (C=O) groups is 8. The number of unbranched alkanes of at least 4 members (excludes halogenated alkanes) is 2. The lowest BCUT2D eigenvalue weighted by molar-refractivity contribution is -0.696.